The van der Waals surface area contributed by atoms with E-state index in [1.54, 1.807) is 0 Å². The number of hydrogen-bond donors (Lipinski definition) is 2. The molecule has 0 unspecified atom stereocenters. The summed E-state index contributed by atoms with van der Waals surface area (Å²) in [6, 6.07) is 0. The van der Waals surface area contributed by atoms with Crippen LogP contribution in [0.25, 0.3) is 0 Å². The molecule has 0 aliphatic heterocycles. The van der Waals surface area contributed by atoms with Crippen LogP contribution in [-0.2, 0) is 0 Å². The third-order valence-electron chi connectivity index (χ3n) is 2.64. The minimum absolute atomic E-state index is 0.622. The van der Waals surface area contributed by atoms with E-state index in [4.69, 9.17) is 11.5 Å². The molecule has 0 aliphatic rings. The predicted molar refractivity (Wildman–Crippen MR) is 72.7 cm³/mol. The van der Waals surface area contributed by atoms with E-state index in [2.05, 4.69) is 41.5 Å². The van der Waals surface area contributed by atoms with Crippen molar-refractivity contribution in [3.05, 3.63) is 22.5 Å². The van der Waals surface area contributed by atoms with Crippen LogP contribution in [0.5, 0.6) is 0 Å². The Kier molecular flexibility index (Phi) is 6.24. The molecule has 0 aromatic carbocycles. The lowest BCUT2D eigenvalue weighted by Crippen LogP contribution is -2.15. The van der Waals surface area contributed by atoms with Gasteiger partial charge in [0.1, 0.15) is 0 Å². The summed E-state index contributed by atoms with van der Waals surface area (Å²) in [7, 11) is 0. The Morgan fingerprint density at radius 3 is 1.19 bits per heavy atom. The number of allylic oxidation sites excluding steroid dienone is 2. The van der Waals surface area contributed by atoms with Crippen molar-refractivity contribution in [2.45, 2.75) is 54.4 Å². The van der Waals surface area contributed by atoms with Crippen LogP contribution in [0.15, 0.2) is 22.5 Å². The first-order chi connectivity index (χ1) is 7.25. The zero-order valence-corrected chi connectivity index (χ0v) is 11.7. The van der Waals surface area contributed by atoms with Crippen LogP contribution in [0.3, 0.4) is 0 Å². The van der Waals surface area contributed by atoms with Gasteiger partial charge in [0.2, 0.25) is 0 Å². The summed E-state index contributed by atoms with van der Waals surface area (Å²) in [5.41, 5.74) is 16.1. The average molecular weight is 224 g/mol. The van der Waals surface area contributed by atoms with Gasteiger partial charge < -0.3 is 11.5 Å². The zero-order chi connectivity index (χ0) is 12.9. The maximum atomic E-state index is 6.08. The molecule has 94 valence electrons. The van der Waals surface area contributed by atoms with Gasteiger partial charge in [0.25, 0.3) is 0 Å². The molecule has 0 aromatic rings. The number of nitrogens with two attached hydrogens (primary N) is 2. The minimum Gasteiger partial charge on any atom is -0.397 e. The molecule has 0 radical (unpaired) electrons. The lowest BCUT2D eigenvalue weighted by atomic mass is 9.97. The highest BCUT2D eigenvalue weighted by Crippen LogP contribution is 2.19. The Balaban J connectivity index is 4.88. The van der Waals surface area contributed by atoms with Gasteiger partial charge in [-0.05, 0) is 49.7 Å². The van der Waals surface area contributed by atoms with Crippen molar-refractivity contribution in [2.75, 3.05) is 0 Å². The molecular formula is C14H28N2. The van der Waals surface area contributed by atoms with E-state index in [1.165, 1.54) is 11.1 Å². The number of hydrogen-bond acceptors (Lipinski definition) is 2. The molecule has 2 heteroatoms. The lowest BCUT2D eigenvalue weighted by molar-refractivity contribution is 0.631. The standard InChI is InChI=1S/C14H28N2/c1-9(2)7-11(5)13(15)14(16)12(6)8-10(3)4/h9-10H,7-8,15-16H2,1-6H3. The van der Waals surface area contributed by atoms with Gasteiger partial charge >= 0.3 is 0 Å². The van der Waals surface area contributed by atoms with Gasteiger partial charge in [-0.3, -0.25) is 0 Å². The largest absolute Gasteiger partial charge is 0.397 e. The minimum atomic E-state index is 0.622. The SMILES string of the molecule is CC(CC(C)C)=C(N)C(N)=C(C)CC(C)C. The van der Waals surface area contributed by atoms with Gasteiger partial charge in [-0.2, -0.15) is 0 Å². The Labute approximate surface area is 101 Å². The molecular weight excluding hydrogens is 196 g/mol. The molecule has 0 rings (SSSR count). The van der Waals surface area contributed by atoms with E-state index in [1.807, 2.05) is 0 Å². The molecule has 0 aliphatic carbocycles. The van der Waals surface area contributed by atoms with Gasteiger partial charge in [0, 0.05) is 0 Å². The maximum absolute atomic E-state index is 6.08. The molecule has 0 saturated carbocycles. The van der Waals surface area contributed by atoms with E-state index < -0.39 is 0 Å². The Hall–Kier alpha value is -0.920. The van der Waals surface area contributed by atoms with Crippen molar-refractivity contribution in [2.24, 2.45) is 23.3 Å². The smallest absolute Gasteiger partial charge is 0.0536 e. The van der Waals surface area contributed by atoms with Crippen LogP contribution in [0.1, 0.15) is 54.4 Å². The quantitative estimate of drug-likeness (QED) is 0.702. The lowest BCUT2D eigenvalue weighted by Gasteiger charge is -2.14. The normalized spacial score (nSPS) is 15.2. The maximum Gasteiger partial charge on any atom is 0.0536 e. The van der Waals surface area contributed by atoms with Gasteiger partial charge in [-0.25, -0.2) is 0 Å². The van der Waals surface area contributed by atoms with Crippen molar-refractivity contribution in [3.8, 4) is 0 Å². The Bertz CT molecular complexity index is 253. The predicted octanol–water partition coefficient (Wildman–Crippen LogP) is 3.54. The summed E-state index contributed by atoms with van der Waals surface area (Å²) < 4.78 is 0. The highest BCUT2D eigenvalue weighted by molar-refractivity contribution is 5.33. The third kappa shape index (κ3) is 5.24. The molecule has 4 N–H and O–H groups in total. The highest BCUT2D eigenvalue weighted by Gasteiger charge is 2.07. The second kappa shape index (κ2) is 6.62. The van der Waals surface area contributed by atoms with Crippen LogP contribution in [0.4, 0.5) is 0 Å². The molecule has 2 nitrogen and oxygen atoms in total. The topological polar surface area (TPSA) is 52.0 Å². The van der Waals surface area contributed by atoms with E-state index in [0.717, 1.165) is 24.2 Å². The summed E-state index contributed by atoms with van der Waals surface area (Å²) in [6.07, 6.45) is 2.03. The fraction of sp³-hybridized carbons (Fsp3) is 0.714. The Morgan fingerprint density at radius 1 is 0.750 bits per heavy atom. The van der Waals surface area contributed by atoms with Crippen molar-refractivity contribution in [3.63, 3.8) is 0 Å². The summed E-state index contributed by atoms with van der Waals surface area (Å²) >= 11 is 0. The van der Waals surface area contributed by atoms with E-state index in [-0.39, 0.29) is 0 Å². The molecule has 0 heterocycles. The van der Waals surface area contributed by atoms with Crippen LogP contribution in [0, 0.1) is 11.8 Å². The fourth-order valence-electron chi connectivity index (χ4n) is 1.90. The van der Waals surface area contributed by atoms with Crippen molar-refractivity contribution in [1.29, 1.82) is 0 Å². The summed E-state index contributed by atoms with van der Waals surface area (Å²) in [5.74, 6) is 1.24. The molecule has 0 fully saturated rings. The van der Waals surface area contributed by atoms with E-state index in [9.17, 15) is 0 Å². The molecule has 0 aromatic heterocycles. The van der Waals surface area contributed by atoms with Gasteiger partial charge in [-0.15, -0.1) is 0 Å². The van der Waals surface area contributed by atoms with Gasteiger partial charge in [-0.1, -0.05) is 27.7 Å². The van der Waals surface area contributed by atoms with Crippen LogP contribution in [0.2, 0.25) is 0 Å². The molecule has 0 atom stereocenters. The number of rotatable bonds is 5. The first-order valence-corrected chi connectivity index (χ1v) is 6.16. The van der Waals surface area contributed by atoms with Gasteiger partial charge in [0.15, 0.2) is 0 Å². The summed E-state index contributed by atoms with van der Waals surface area (Å²) in [5, 5.41) is 0. The van der Waals surface area contributed by atoms with Crippen LogP contribution >= 0.6 is 0 Å². The van der Waals surface area contributed by atoms with Crippen molar-refractivity contribution < 1.29 is 0 Å². The second-order valence-electron chi connectivity index (χ2n) is 5.58. The third-order valence-corrected chi connectivity index (χ3v) is 2.64. The fourth-order valence-corrected chi connectivity index (χ4v) is 1.90. The zero-order valence-electron chi connectivity index (χ0n) is 11.7. The van der Waals surface area contributed by atoms with Gasteiger partial charge in [0.05, 0.1) is 11.4 Å². The molecule has 0 bridgehead atoms. The average Bonchev–Trinajstić information content (AvgIpc) is 2.13. The molecule has 0 saturated heterocycles. The highest BCUT2D eigenvalue weighted by atomic mass is 14.7. The van der Waals surface area contributed by atoms with Crippen LogP contribution < -0.4 is 11.5 Å². The summed E-state index contributed by atoms with van der Waals surface area (Å²) in [4.78, 5) is 0. The molecule has 0 amide bonds. The monoisotopic (exact) mass is 224 g/mol. The van der Waals surface area contributed by atoms with Crippen LogP contribution in [-0.4, -0.2) is 0 Å². The van der Waals surface area contributed by atoms with E-state index in [0.29, 0.717) is 11.8 Å². The first-order valence-electron chi connectivity index (χ1n) is 6.16. The first kappa shape index (κ1) is 15.1. The van der Waals surface area contributed by atoms with Crippen molar-refractivity contribution >= 4 is 0 Å². The molecule has 16 heavy (non-hydrogen) atoms. The molecule has 0 spiro atoms. The second-order valence-corrected chi connectivity index (χ2v) is 5.58. The Morgan fingerprint density at radius 2 is 1.00 bits per heavy atom. The van der Waals surface area contributed by atoms with Crippen molar-refractivity contribution in [1.82, 2.24) is 0 Å². The van der Waals surface area contributed by atoms with E-state index >= 15 is 0 Å². The summed E-state index contributed by atoms with van der Waals surface area (Å²) in [6.45, 7) is 12.9.